The molecule has 2 heterocycles. The van der Waals surface area contributed by atoms with E-state index < -0.39 is 0 Å². The van der Waals surface area contributed by atoms with Crippen molar-refractivity contribution in [3.05, 3.63) is 47.0 Å². The number of aliphatic hydroxyl groups excluding tert-OH is 1. The number of aromatic nitrogens is 3. The average Bonchev–Trinajstić information content (AvgIpc) is 2.97. The van der Waals surface area contributed by atoms with Crippen LogP contribution in [0.5, 0.6) is 0 Å². The molecule has 138 valence electrons. The lowest BCUT2D eigenvalue weighted by Gasteiger charge is -2.38. The fraction of sp³-hybridized carbons (Fsp3) is 0.550. The zero-order valence-electron chi connectivity index (χ0n) is 15.2. The highest BCUT2D eigenvalue weighted by molar-refractivity contribution is 5.94. The van der Waals surface area contributed by atoms with Gasteiger partial charge < -0.3 is 10.4 Å². The third-order valence-electron chi connectivity index (χ3n) is 5.77. The molecule has 6 heteroatoms. The van der Waals surface area contributed by atoms with E-state index >= 15 is 0 Å². The van der Waals surface area contributed by atoms with Crippen molar-refractivity contribution < 1.29 is 9.90 Å². The molecule has 2 aliphatic rings. The molecular formula is C20H26N4O2. The molecule has 4 rings (SSSR count). The fourth-order valence-corrected chi connectivity index (χ4v) is 4.23. The SMILES string of the molecule is Cn1nc(C(=O)N[C@H](Cc2ccccn2)C2CC(O)C2)c2c1CCCC2. The minimum absolute atomic E-state index is 0.0259. The van der Waals surface area contributed by atoms with E-state index in [1.165, 1.54) is 5.69 Å². The second-order valence-electron chi connectivity index (χ2n) is 7.60. The molecular weight excluding hydrogens is 328 g/mol. The maximum atomic E-state index is 13.0. The van der Waals surface area contributed by atoms with E-state index in [0.717, 1.165) is 49.8 Å². The monoisotopic (exact) mass is 354 g/mol. The third kappa shape index (κ3) is 3.38. The number of pyridine rings is 1. The van der Waals surface area contributed by atoms with Gasteiger partial charge in [0.1, 0.15) is 0 Å². The summed E-state index contributed by atoms with van der Waals surface area (Å²) in [5, 5.41) is 17.4. The predicted molar refractivity (Wildman–Crippen MR) is 97.8 cm³/mol. The molecule has 0 saturated heterocycles. The van der Waals surface area contributed by atoms with E-state index in [0.29, 0.717) is 12.1 Å². The van der Waals surface area contributed by atoms with Gasteiger partial charge in [0.05, 0.1) is 6.10 Å². The molecule has 1 saturated carbocycles. The van der Waals surface area contributed by atoms with E-state index in [1.54, 1.807) is 6.20 Å². The van der Waals surface area contributed by atoms with Gasteiger partial charge in [0.15, 0.2) is 5.69 Å². The highest BCUT2D eigenvalue weighted by Gasteiger charge is 2.36. The van der Waals surface area contributed by atoms with E-state index in [1.807, 2.05) is 29.9 Å². The van der Waals surface area contributed by atoms with Gasteiger partial charge in [0.25, 0.3) is 5.91 Å². The topological polar surface area (TPSA) is 80.0 Å². The van der Waals surface area contributed by atoms with Gasteiger partial charge in [-0.1, -0.05) is 6.07 Å². The van der Waals surface area contributed by atoms with Crippen molar-refractivity contribution in [2.24, 2.45) is 13.0 Å². The number of nitrogens with zero attached hydrogens (tertiary/aromatic N) is 3. The highest BCUT2D eigenvalue weighted by Crippen LogP contribution is 2.32. The Morgan fingerprint density at radius 3 is 2.88 bits per heavy atom. The van der Waals surface area contributed by atoms with E-state index in [2.05, 4.69) is 15.4 Å². The molecule has 0 spiro atoms. The number of amides is 1. The number of hydrogen-bond acceptors (Lipinski definition) is 4. The molecule has 2 aliphatic carbocycles. The predicted octanol–water partition coefficient (Wildman–Crippen LogP) is 1.81. The van der Waals surface area contributed by atoms with Gasteiger partial charge in [0, 0.05) is 42.7 Å². The summed E-state index contributed by atoms with van der Waals surface area (Å²) in [5.41, 5.74) is 3.85. The third-order valence-corrected chi connectivity index (χ3v) is 5.77. The maximum Gasteiger partial charge on any atom is 0.272 e. The standard InChI is InChI=1S/C20H26N4O2/c1-24-18-8-3-2-7-16(18)19(23-24)20(26)22-17(13-10-15(25)11-13)12-14-6-4-5-9-21-14/h4-6,9,13,15,17,25H,2-3,7-8,10-12H2,1H3,(H,22,26)/t13?,15?,17-/m1/s1. The van der Waals surface area contributed by atoms with Crippen LogP contribution in [0.25, 0.3) is 0 Å². The Morgan fingerprint density at radius 2 is 2.15 bits per heavy atom. The molecule has 2 aromatic rings. The van der Waals surface area contributed by atoms with Gasteiger partial charge in [-0.15, -0.1) is 0 Å². The Kier molecular flexibility index (Phi) is 4.76. The molecule has 26 heavy (non-hydrogen) atoms. The molecule has 0 bridgehead atoms. The first-order chi connectivity index (χ1) is 12.6. The molecule has 2 N–H and O–H groups in total. The first kappa shape index (κ1) is 17.2. The van der Waals surface area contributed by atoms with Crippen LogP contribution < -0.4 is 5.32 Å². The van der Waals surface area contributed by atoms with Crippen LogP contribution in [0.2, 0.25) is 0 Å². The van der Waals surface area contributed by atoms with Gasteiger partial charge >= 0.3 is 0 Å². The van der Waals surface area contributed by atoms with Crippen molar-refractivity contribution in [2.75, 3.05) is 0 Å². The van der Waals surface area contributed by atoms with Crippen molar-refractivity contribution in [3.8, 4) is 0 Å². The Hall–Kier alpha value is -2.21. The Labute approximate surface area is 153 Å². The van der Waals surface area contributed by atoms with Crippen LogP contribution in [0.3, 0.4) is 0 Å². The summed E-state index contributed by atoms with van der Waals surface area (Å²) in [6.07, 6.45) is 7.89. The van der Waals surface area contributed by atoms with Crippen molar-refractivity contribution >= 4 is 5.91 Å². The summed E-state index contributed by atoms with van der Waals surface area (Å²) >= 11 is 0. The zero-order valence-corrected chi connectivity index (χ0v) is 15.2. The van der Waals surface area contributed by atoms with Gasteiger partial charge in [0.2, 0.25) is 0 Å². The first-order valence-corrected chi connectivity index (χ1v) is 9.55. The lowest BCUT2D eigenvalue weighted by Crippen LogP contribution is -2.48. The number of carbonyl (C=O) groups is 1. The van der Waals surface area contributed by atoms with Crippen molar-refractivity contribution in [1.82, 2.24) is 20.1 Å². The Morgan fingerprint density at radius 1 is 1.35 bits per heavy atom. The summed E-state index contributed by atoms with van der Waals surface area (Å²) in [7, 11) is 1.93. The summed E-state index contributed by atoms with van der Waals surface area (Å²) < 4.78 is 1.87. The largest absolute Gasteiger partial charge is 0.393 e. The minimum Gasteiger partial charge on any atom is -0.393 e. The molecule has 2 aromatic heterocycles. The summed E-state index contributed by atoms with van der Waals surface area (Å²) in [6, 6.07) is 5.81. The van der Waals surface area contributed by atoms with Crippen LogP contribution >= 0.6 is 0 Å². The number of aliphatic hydroxyl groups is 1. The first-order valence-electron chi connectivity index (χ1n) is 9.55. The number of aryl methyl sites for hydroxylation is 1. The molecule has 0 aromatic carbocycles. The van der Waals surface area contributed by atoms with E-state index in [4.69, 9.17) is 0 Å². The zero-order chi connectivity index (χ0) is 18.1. The van der Waals surface area contributed by atoms with Crippen LogP contribution in [0.15, 0.2) is 24.4 Å². The Balaban J connectivity index is 1.53. The molecule has 0 radical (unpaired) electrons. The number of hydrogen-bond donors (Lipinski definition) is 2. The number of carbonyl (C=O) groups excluding carboxylic acids is 1. The second kappa shape index (κ2) is 7.19. The molecule has 1 amide bonds. The van der Waals surface area contributed by atoms with E-state index in [9.17, 15) is 9.90 Å². The van der Waals surface area contributed by atoms with Gasteiger partial charge in [-0.2, -0.15) is 5.10 Å². The average molecular weight is 354 g/mol. The van der Waals surface area contributed by atoms with Crippen LogP contribution in [-0.4, -0.2) is 37.9 Å². The summed E-state index contributed by atoms with van der Waals surface area (Å²) in [6.45, 7) is 0. The molecule has 0 aliphatic heterocycles. The van der Waals surface area contributed by atoms with Crippen LogP contribution in [0, 0.1) is 5.92 Å². The molecule has 1 atom stereocenters. The van der Waals surface area contributed by atoms with E-state index in [-0.39, 0.29) is 24.0 Å². The number of rotatable bonds is 5. The summed E-state index contributed by atoms with van der Waals surface area (Å²) in [5.74, 6) is 0.196. The lowest BCUT2D eigenvalue weighted by molar-refractivity contribution is 0.0237. The molecule has 0 unspecified atom stereocenters. The number of fused-ring (bicyclic) bond motifs is 1. The summed E-state index contributed by atoms with van der Waals surface area (Å²) in [4.78, 5) is 17.4. The van der Waals surface area contributed by atoms with Gasteiger partial charge in [-0.3, -0.25) is 14.5 Å². The molecule has 6 nitrogen and oxygen atoms in total. The van der Waals surface area contributed by atoms with Crippen molar-refractivity contribution in [2.45, 2.75) is 57.1 Å². The molecule has 1 fully saturated rings. The maximum absolute atomic E-state index is 13.0. The van der Waals surface area contributed by atoms with Crippen molar-refractivity contribution in [1.29, 1.82) is 0 Å². The highest BCUT2D eigenvalue weighted by atomic mass is 16.3. The van der Waals surface area contributed by atoms with Crippen LogP contribution in [0.1, 0.15) is 53.1 Å². The number of nitrogens with one attached hydrogen (secondary N) is 1. The normalized spacial score (nSPS) is 23.0. The van der Waals surface area contributed by atoms with Crippen LogP contribution in [0.4, 0.5) is 0 Å². The quantitative estimate of drug-likeness (QED) is 0.858. The van der Waals surface area contributed by atoms with Crippen LogP contribution in [-0.2, 0) is 26.3 Å². The van der Waals surface area contributed by atoms with Gasteiger partial charge in [-0.25, -0.2) is 0 Å². The lowest BCUT2D eigenvalue weighted by atomic mass is 9.76. The Bertz CT molecular complexity index is 781. The second-order valence-corrected chi connectivity index (χ2v) is 7.60. The minimum atomic E-state index is -0.245. The fourth-order valence-electron chi connectivity index (χ4n) is 4.23. The smallest absolute Gasteiger partial charge is 0.272 e. The van der Waals surface area contributed by atoms with Gasteiger partial charge in [-0.05, 0) is 56.6 Å². The van der Waals surface area contributed by atoms with Crippen molar-refractivity contribution in [3.63, 3.8) is 0 Å².